The normalized spacial score (nSPS) is 10.5. The summed E-state index contributed by atoms with van der Waals surface area (Å²) < 4.78 is 0. The van der Waals surface area contributed by atoms with Crippen molar-refractivity contribution in [2.45, 2.75) is 12.8 Å². The number of carbonyl (C=O) groups excluding carboxylic acids is 1. The summed E-state index contributed by atoms with van der Waals surface area (Å²) in [5.74, 6) is 0.0735. The van der Waals surface area contributed by atoms with E-state index in [1.165, 1.54) is 6.20 Å². The predicted octanol–water partition coefficient (Wildman–Crippen LogP) is 1.75. The Balaban J connectivity index is 1.92. The molecule has 0 unspecified atom stereocenters. The van der Waals surface area contributed by atoms with Crippen LogP contribution in [-0.4, -0.2) is 25.8 Å². The first-order chi connectivity index (χ1) is 10.7. The fourth-order valence-electron chi connectivity index (χ4n) is 2.21. The molecule has 1 amide bonds. The van der Waals surface area contributed by atoms with E-state index in [9.17, 15) is 4.79 Å². The molecule has 110 valence electrons. The molecule has 0 saturated carbocycles. The smallest absolute Gasteiger partial charge is 0.252 e. The summed E-state index contributed by atoms with van der Waals surface area (Å²) in [5.41, 5.74) is 8.31. The third kappa shape index (κ3) is 3.01. The number of aromatic amines is 1. The van der Waals surface area contributed by atoms with Crippen LogP contribution in [0.3, 0.4) is 0 Å². The molecule has 0 atom stereocenters. The fourth-order valence-corrected chi connectivity index (χ4v) is 2.21. The van der Waals surface area contributed by atoms with Gasteiger partial charge in [0.1, 0.15) is 0 Å². The van der Waals surface area contributed by atoms with Crippen LogP contribution in [0.25, 0.3) is 11.4 Å². The second-order valence-corrected chi connectivity index (χ2v) is 4.86. The minimum Gasteiger partial charge on any atom is -0.365 e. The van der Waals surface area contributed by atoms with Crippen LogP contribution >= 0.6 is 0 Å². The fraction of sp³-hybridized carbons (Fsp3) is 0.125. The minimum atomic E-state index is -0.515. The average Bonchev–Trinajstić information content (AvgIpc) is 3.07. The highest BCUT2D eigenvalue weighted by atomic mass is 16.1. The highest BCUT2D eigenvalue weighted by Crippen LogP contribution is 2.17. The van der Waals surface area contributed by atoms with Crippen LogP contribution in [-0.2, 0) is 12.8 Å². The summed E-state index contributed by atoms with van der Waals surface area (Å²) >= 11 is 0. The van der Waals surface area contributed by atoms with Crippen LogP contribution in [0.4, 0.5) is 0 Å². The molecule has 3 rings (SSSR count). The topological polar surface area (TPSA) is 97.6 Å². The van der Waals surface area contributed by atoms with Gasteiger partial charge in [-0.3, -0.25) is 4.79 Å². The first-order valence-corrected chi connectivity index (χ1v) is 6.92. The van der Waals surface area contributed by atoms with Gasteiger partial charge in [-0.25, -0.2) is 15.0 Å². The third-order valence-electron chi connectivity index (χ3n) is 3.35. The van der Waals surface area contributed by atoms with E-state index in [0.29, 0.717) is 29.9 Å². The van der Waals surface area contributed by atoms with Crippen molar-refractivity contribution in [1.29, 1.82) is 0 Å². The molecule has 0 radical (unpaired) electrons. The lowest BCUT2D eigenvalue weighted by Gasteiger charge is -2.07. The minimum absolute atomic E-state index is 0.360. The number of imidazole rings is 1. The van der Waals surface area contributed by atoms with E-state index >= 15 is 0 Å². The van der Waals surface area contributed by atoms with Gasteiger partial charge in [0.15, 0.2) is 5.82 Å². The average molecular weight is 293 g/mol. The number of H-pyrrole nitrogens is 1. The van der Waals surface area contributed by atoms with E-state index in [4.69, 9.17) is 5.73 Å². The zero-order valence-corrected chi connectivity index (χ0v) is 11.9. The number of aryl methyl sites for hydroxylation is 2. The number of benzene rings is 1. The maximum absolute atomic E-state index is 11.6. The first kappa shape index (κ1) is 13.9. The van der Waals surface area contributed by atoms with Crippen molar-refractivity contribution in [2.75, 3.05) is 0 Å². The Labute approximate surface area is 127 Å². The van der Waals surface area contributed by atoms with Gasteiger partial charge < -0.3 is 10.7 Å². The van der Waals surface area contributed by atoms with Gasteiger partial charge in [0.05, 0.1) is 17.6 Å². The van der Waals surface area contributed by atoms with Crippen LogP contribution < -0.4 is 5.73 Å². The molecule has 6 heteroatoms. The number of rotatable bonds is 5. The quantitative estimate of drug-likeness (QED) is 0.748. The van der Waals surface area contributed by atoms with Gasteiger partial charge in [-0.05, 0) is 12.8 Å². The van der Waals surface area contributed by atoms with E-state index in [1.807, 2.05) is 30.3 Å². The Morgan fingerprint density at radius 1 is 1.14 bits per heavy atom. The maximum Gasteiger partial charge on any atom is 0.252 e. The Bertz CT molecular complexity index is 768. The summed E-state index contributed by atoms with van der Waals surface area (Å²) in [4.78, 5) is 27.3. The number of nitrogens with two attached hydrogens (primary N) is 1. The predicted molar refractivity (Wildman–Crippen MR) is 82.0 cm³/mol. The van der Waals surface area contributed by atoms with Gasteiger partial charge in [-0.15, -0.1) is 0 Å². The largest absolute Gasteiger partial charge is 0.365 e. The number of amides is 1. The molecule has 0 saturated heterocycles. The third-order valence-corrected chi connectivity index (χ3v) is 3.35. The summed E-state index contributed by atoms with van der Waals surface area (Å²) in [5, 5.41) is 0. The van der Waals surface area contributed by atoms with Crippen molar-refractivity contribution >= 4 is 5.91 Å². The zero-order chi connectivity index (χ0) is 15.4. The molecule has 22 heavy (non-hydrogen) atoms. The lowest BCUT2D eigenvalue weighted by atomic mass is 10.1. The van der Waals surface area contributed by atoms with E-state index in [-0.39, 0.29) is 0 Å². The number of nitrogens with zero attached hydrogens (tertiary/aromatic N) is 3. The molecule has 0 aliphatic rings. The zero-order valence-electron chi connectivity index (χ0n) is 11.9. The lowest BCUT2D eigenvalue weighted by molar-refractivity contribution is 0.0998. The van der Waals surface area contributed by atoms with E-state index < -0.39 is 5.91 Å². The molecule has 0 aliphatic heterocycles. The van der Waals surface area contributed by atoms with Crippen LogP contribution in [0.1, 0.15) is 21.7 Å². The summed E-state index contributed by atoms with van der Waals surface area (Å²) in [6.45, 7) is 0. The van der Waals surface area contributed by atoms with Crippen molar-refractivity contribution in [2.24, 2.45) is 5.73 Å². The molecule has 3 N–H and O–H groups in total. The molecule has 1 aromatic carbocycles. The standard InChI is InChI=1S/C16H15N5O/c17-15(22)13-9-19-16(11-4-2-1-3-5-11)21-14(13)7-6-12-8-18-10-20-12/h1-5,8-10H,6-7H2,(H2,17,22)(H,18,20). The molecule has 6 nitrogen and oxygen atoms in total. The number of primary amides is 1. The number of hydrogen-bond acceptors (Lipinski definition) is 4. The SMILES string of the molecule is NC(=O)c1cnc(-c2ccccc2)nc1CCc1cnc[nH]1. The monoisotopic (exact) mass is 293 g/mol. The van der Waals surface area contributed by atoms with Crippen LogP contribution in [0, 0.1) is 0 Å². The summed E-state index contributed by atoms with van der Waals surface area (Å²) in [6.07, 6.45) is 6.16. The van der Waals surface area contributed by atoms with Gasteiger partial charge in [-0.1, -0.05) is 30.3 Å². The van der Waals surface area contributed by atoms with Crippen LogP contribution in [0.5, 0.6) is 0 Å². The number of aromatic nitrogens is 4. The van der Waals surface area contributed by atoms with Crippen molar-refractivity contribution in [1.82, 2.24) is 19.9 Å². The van der Waals surface area contributed by atoms with E-state index in [0.717, 1.165) is 11.3 Å². The van der Waals surface area contributed by atoms with Gasteiger partial charge in [0.2, 0.25) is 0 Å². The van der Waals surface area contributed by atoms with Crippen molar-refractivity contribution in [3.8, 4) is 11.4 Å². The van der Waals surface area contributed by atoms with Gasteiger partial charge >= 0.3 is 0 Å². The summed E-state index contributed by atoms with van der Waals surface area (Å²) in [7, 11) is 0. The van der Waals surface area contributed by atoms with Crippen LogP contribution in [0.15, 0.2) is 49.1 Å². The lowest BCUT2D eigenvalue weighted by Crippen LogP contribution is -2.16. The molecule has 3 aromatic rings. The number of carbonyl (C=O) groups is 1. The molecule has 2 aromatic heterocycles. The Kier molecular flexibility index (Phi) is 3.91. The van der Waals surface area contributed by atoms with E-state index in [1.54, 1.807) is 12.5 Å². The van der Waals surface area contributed by atoms with Gasteiger partial charge in [0, 0.05) is 23.7 Å². The Hall–Kier alpha value is -3.02. The first-order valence-electron chi connectivity index (χ1n) is 6.92. The molecule has 0 fully saturated rings. The number of nitrogens with one attached hydrogen (secondary N) is 1. The Morgan fingerprint density at radius 3 is 2.64 bits per heavy atom. The second-order valence-electron chi connectivity index (χ2n) is 4.86. The second kappa shape index (κ2) is 6.17. The molecule has 0 aliphatic carbocycles. The highest BCUT2D eigenvalue weighted by molar-refractivity contribution is 5.93. The maximum atomic E-state index is 11.6. The molecular weight excluding hydrogens is 278 g/mol. The highest BCUT2D eigenvalue weighted by Gasteiger charge is 2.13. The van der Waals surface area contributed by atoms with Crippen LogP contribution in [0.2, 0.25) is 0 Å². The molecule has 2 heterocycles. The van der Waals surface area contributed by atoms with Gasteiger partial charge in [0.25, 0.3) is 5.91 Å². The molecule has 0 bridgehead atoms. The van der Waals surface area contributed by atoms with E-state index in [2.05, 4.69) is 19.9 Å². The molecule has 0 spiro atoms. The Morgan fingerprint density at radius 2 is 1.95 bits per heavy atom. The van der Waals surface area contributed by atoms with Gasteiger partial charge in [-0.2, -0.15) is 0 Å². The van der Waals surface area contributed by atoms with Crippen molar-refractivity contribution in [3.05, 3.63) is 66.0 Å². The number of hydrogen-bond donors (Lipinski definition) is 2. The van der Waals surface area contributed by atoms with Crippen molar-refractivity contribution < 1.29 is 4.79 Å². The molecular formula is C16H15N5O. The summed E-state index contributed by atoms with van der Waals surface area (Å²) in [6, 6.07) is 9.63. The van der Waals surface area contributed by atoms with Crippen molar-refractivity contribution in [3.63, 3.8) is 0 Å².